The molecule has 0 aliphatic carbocycles. The van der Waals surface area contributed by atoms with Crippen molar-refractivity contribution >= 4 is 39.4 Å². The normalized spacial score (nSPS) is 11.7. The van der Waals surface area contributed by atoms with Gasteiger partial charge in [0.05, 0.1) is 10.5 Å². The summed E-state index contributed by atoms with van der Waals surface area (Å²) in [6.45, 7) is 0. The van der Waals surface area contributed by atoms with Crippen molar-refractivity contribution in [3.63, 3.8) is 0 Å². The first-order valence-electron chi connectivity index (χ1n) is 6.45. The van der Waals surface area contributed by atoms with E-state index in [0.717, 1.165) is 9.20 Å². The lowest BCUT2D eigenvalue weighted by molar-refractivity contribution is 0.0693. The van der Waals surface area contributed by atoms with Gasteiger partial charge >= 0.3 is 5.97 Å². The zero-order valence-electron chi connectivity index (χ0n) is 12.4. The van der Waals surface area contributed by atoms with E-state index in [1.165, 1.54) is 44.1 Å². The Morgan fingerprint density at radius 1 is 1.13 bits per heavy atom. The lowest BCUT2D eigenvalue weighted by Crippen LogP contribution is -2.22. The first-order valence-corrected chi connectivity index (χ1v) is 9.08. The van der Waals surface area contributed by atoms with Crippen molar-refractivity contribution in [3.05, 3.63) is 53.1 Å². The number of hydrogen-bond donors (Lipinski definition) is 1. The Balaban J connectivity index is 2.45. The molecule has 0 heterocycles. The molecule has 0 saturated heterocycles. The Morgan fingerprint density at radius 3 is 2.26 bits per heavy atom. The van der Waals surface area contributed by atoms with Crippen LogP contribution in [0.3, 0.4) is 0 Å². The average Bonchev–Trinajstić information content (AvgIpc) is 2.49. The Hall–Kier alpha value is -1.54. The summed E-state index contributed by atoms with van der Waals surface area (Å²) < 4.78 is 25.3. The predicted molar refractivity (Wildman–Crippen MR) is 89.8 cm³/mol. The quantitative estimate of drug-likeness (QED) is 0.871. The van der Waals surface area contributed by atoms with Crippen molar-refractivity contribution < 1.29 is 18.3 Å². The third kappa shape index (κ3) is 4.06. The van der Waals surface area contributed by atoms with E-state index in [0.29, 0.717) is 9.92 Å². The lowest BCUT2D eigenvalue weighted by Gasteiger charge is -2.13. The molecule has 0 amide bonds. The van der Waals surface area contributed by atoms with Crippen LogP contribution in [0, 0.1) is 0 Å². The van der Waals surface area contributed by atoms with Crippen LogP contribution in [0.15, 0.2) is 57.2 Å². The second-order valence-corrected chi connectivity index (χ2v) is 8.51. The molecule has 0 bridgehead atoms. The molecule has 0 radical (unpaired) electrons. The number of halogens is 1. The summed E-state index contributed by atoms with van der Waals surface area (Å²) in [5.74, 6) is -1.18. The van der Waals surface area contributed by atoms with E-state index < -0.39 is 16.0 Å². The number of benzene rings is 2. The van der Waals surface area contributed by atoms with Gasteiger partial charge in [-0.1, -0.05) is 23.4 Å². The molecule has 0 atom stereocenters. The summed E-state index contributed by atoms with van der Waals surface area (Å²) in [6, 6.07) is 11.0. The van der Waals surface area contributed by atoms with E-state index in [2.05, 4.69) is 0 Å². The molecular weight excluding hydrogens is 358 g/mol. The minimum Gasteiger partial charge on any atom is -0.478 e. The molecule has 23 heavy (non-hydrogen) atoms. The zero-order valence-corrected chi connectivity index (χ0v) is 14.7. The summed E-state index contributed by atoms with van der Waals surface area (Å²) in [5.41, 5.74) is -0.0622. The number of aromatic carboxylic acids is 1. The highest BCUT2D eigenvalue weighted by atomic mass is 35.5. The molecule has 0 aliphatic heterocycles. The van der Waals surface area contributed by atoms with Crippen LogP contribution in [0.2, 0.25) is 5.02 Å². The second kappa shape index (κ2) is 6.92. The van der Waals surface area contributed by atoms with Gasteiger partial charge in [0.1, 0.15) is 0 Å². The third-order valence-electron chi connectivity index (χ3n) is 3.00. The van der Waals surface area contributed by atoms with Crippen molar-refractivity contribution in [2.24, 2.45) is 0 Å². The predicted octanol–water partition coefficient (Wildman–Crippen LogP) is 3.44. The summed E-state index contributed by atoms with van der Waals surface area (Å²) >= 11 is 7.05. The molecule has 0 saturated carbocycles. The molecule has 122 valence electrons. The summed E-state index contributed by atoms with van der Waals surface area (Å²) in [5, 5.41) is 9.96. The largest absolute Gasteiger partial charge is 0.478 e. The monoisotopic (exact) mass is 371 g/mol. The van der Waals surface area contributed by atoms with Crippen LogP contribution in [0.1, 0.15) is 10.4 Å². The SMILES string of the molecule is CN(C)S(=O)(=O)c1ccc(Sc2ccc(Cl)cc2)c(C(=O)O)c1. The highest BCUT2D eigenvalue weighted by Crippen LogP contribution is 2.33. The first-order chi connectivity index (χ1) is 10.7. The molecule has 1 N–H and O–H groups in total. The maximum absolute atomic E-state index is 12.1. The van der Waals surface area contributed by atoms with Crippen molar-refractivity contribution in [3.8, 4) is 0 Å². The molecule has 2 aromatic carbocycles. The molecular formula is C15H14ClNO4S2. The fraction of sp³-hybridized carbons (Fsp3) is 0.133. The highest BCUT2D eigenvalue weighted by Gasteiger charge is 2.21. The minimum absolute atomic E-state index is 0.0552. The average molecular weight is 372 g/mol. The van der Waals surface area contributed by atoms with E-state index in [9.17, 15) is 18.3 Å². The molecule has 2 rings (SSSR count). The van der Waals surface area contributed by atoms with Gasteiger partial charge in [-0.05, 0) is 42.5 Å². The van der Waals surface area contributed by atoms with Crippen LogP contribution in [-0.4, -0.2) is 37.9 Å². The third-order valence-corrected chi connectivity index (χ3v) is 6.15. The Kier molecular flexibility index (Phi) is 5.36. The summed E-state index contributed by atoms with van der Waals surface area (Å²) in [7, 11) is -0.895. The van der Waals surface area contributed by atoms with Crippen LogP contribution >= 0.6 is 23.4 Å². The maximum Gasteiger partial charge on any atom is 0.336 e. The molecule has 5 nitrogen and oxygen atoms in total. The lowest BCUT2D eigenvalue weighted by atomic mass is 10.2. The zero-order chi connectivity index (χ0) is 17.2. The molecule has 0 unspecified atom stereocenters. The topological polar surface area (TPSA) is 74.7 Å². The molecule has 2 aromatic rings. The van der Waals surface area contributed by atoms with Gasteiger partial charge < -0.3 is 5.11 Å². The van der Waals surface area contributed by atoms with Crippen LogP contribution < -0.4 is 0 Å². The van der Waals surface area contributed by atoms with Gasteiger partial charge in [0, 0.05) is 28.9 Å². The first kappa shape index (κ1) is 17.8. The molecule has 0 aliphatic rings. The number of hydrogen-bond acceptors (Lipinski definition) is 4. The van der Waals surface area contributed by atoms with Gasteiger partial charge in [0.15, 0.2) is 0 Å². The van der Waals surface area contributed by atoms with Crippen LogP contribution in [0.5, 0.6) is 0 Å². The Morgan fingerprint density at radius 2 is 1.74 bits per heavy atom. The number of carboxylic acids is 1. The molecule has 0 spiro atoms. The standard InChI is InChI=1S/C15H14ClNO4S2/c1-17(2)23(20,21)12-7-8-14(13(9-12)15(18)19)22-11-5-3-10(16)4-6-11/h3-9H,1-2H3,(H,18,19). The van der Waals surface area contributed by atoms with Crippen molar-refractivity contribution in [1.29, 1.82) is 0 Å². The Bertz CT molecular complexity index is 833. The number of nitrogens with zero attached hydrogens (tertiary/aromatic N) is 1. The van der Waals surface area contributed by atoms with E-state index in [4.69, 9.17) is 11.6 Å². The van der Waals surface area contributed by atoms with Crippen LogP contribution in [-0.2, 0) is 10.0 Å². The van der Waals surface area contributed by atoms with Gasteiger partial charge in [0.25, 0.3) is 0 Å². The molecule has 0 fully saturated rings. The highest BCUT2D eigenvalue weighted by molar-refractivity contribution is 7.99. The number of rotatable bonds is 5. The van der Waals surface area contributed by atoms with Crippen LogP contribution in [0.25, 0.3) is 0 Å². The van der Waals surface area contributed by atoms with E-state index >= 15 is 0 Å². The maximum atomic E-state index is 12.1. The van der Waals surface area contributed by atoms with Gasteiger partial charge in [-0.2, -0.15) is 0 Å². The number of carboxylic acid groups (broad SMARTS) is 1. The van der Waals surface area contributed by atoms with Gasteiger partial charge in [-0.15, -0.1) is 0 Å². The van der Waals surface area contributed by atoms with Gasteiger partial charge in [-0.3, -0.25) is 0 Å². The van der Waals surface area contributed by atoms with Gasteiger partial charge in [0.2, 0.25) is 10.0 Å². The van der Waals surface area contributed by atoms with Gasteiger partial charge in [-0.25, -0.2) is 17.5 Å². The second-order valence-electron chi connectivity index (χ2n) is 4.81. The van der Waals surface area contributed by atoms with Crippen molar-refractivity contribution in [2.75, 3.05) is 14.1 Å². The number of carbonyl (C=O) groups is 1. The van der Waals surface area contributed by atoms with Crippen molar-refractivity contribution in [1.82, 2.24) is 4.31 Å². The fourth-order valence-corrected chi connectivity index (χ4v) is 3.74. The van der Waals surface area contributed by atoms with E-state index in [-0.39, 0.29) is 10.5 Å². The number of sulfonamides is 1. The van der Waals surface area contributed by atoms with Crippen LogP contribution in [0.4, 0.5) is 0 Å². The fourth-order valence-electron chi connectivity index (χ4n) is 1.77. The van der Waals surface area contributed by atoms with E-state index in [1.807, 2.05) is 0 Å². The smallest absolute Gasteiger partial charge is 0.336 e. The Labute approximate surface area is 143 Å². The molecule has 0 aromatic heterocycles. The summed E-state index contributed by atoms with van der Waals surface area (Å²) in [4.78, 5) is 12.7. The van der Waals surface area contributed by atoms with E-state index in [1.54, 1.807) is 24.3 Å². The molecule has 8 heteroatoms. The van der Waals surface area contributed by atoms with Crippen molar-refractivity contribution in [2.45, 2.75) is 14.7 Å². The minimum atomic E-state index is -3.68. The summed E-state index contributed by atoms with van der Waals surface area (Å²) in [6.07, 6.45) is 0.